The summed E-state index contributed by atoms with van der Waals surface area (Å²) >= 11 is 0. The van der Waals surface area contributed by atoms with Crippen LogP contribution in [0, 0.1) is 20.2 Å². The molecule has 0 aliphatic carbocycles. The second-order valence-electron chi connectivity index (χ2n) is 3.31. The number of nitro groups is 2. The summed E-state index contributed by atoms with van der Waals surface area (Å²) < 4.78 is 0. The molecule has 6 heteroatoms. The molecule has 0 aromatic rings. The molecule has 0 saturated heterocycles. The molecule has 0 aliphatic rings. The zero-order chi connectivity index (χ0) is 11.2. The first kappa shape index (κ1) is 12.8. The van der Waals surface area contributed by atoms with Crippen LogP contribution in [0.25, 0.3) is 0 Å². The van der Waals surface area contributed by atoms with Gasteiger partial charge in [-0.3, -0.25) is 20.2 Å². The Kier molecular flexibility index (Phi) is 5.04. The van der Waals surface area contributed by atoms with Crippen LogP contribution in [0.1, 0.15) is 46.0 Å². The van der Waals surface area contributed by atoms with Crippen molar-refractivity contribution in [2.75, 3.05) is 0 Å². The van der Waals surface area contributed by atoms with Crippen molar-refractivity contribution < 1.29 is 9.85 Å². The van der Waals surface area contributed by atoms with E-state index in [1.807, 2.05) is 6.92 Å². The molecule has 6 nitrogen and oxygen atoms in total. The van der Waals surface area contributed by atoms with Gasteiger partial charge in [-0.05, 0) is 6.42 Å². The fourth-order valence-electron chi connectivity index (χ4n) is 1.34. The lowest BCUT2D eigenvalue weighted by atomic mass is 10.0. The minimum absolute atomic E-state index is 0.0251. The van der Waals surface area contributed by atoms with E-state index < -0.39 is 15.5 Å². The van der Waals surface area contributed by atoms with E-state index in [1.165, 1.54) is 6.92 Å². The first-order valence-corrected chi connectivity index (χ1v) is 4.80. The lowest BCUT2D eigenvalue weighted by Crippen LogP contribution is -2.45. The Bertz CT molecular complexity index is 203. The number of hydrogen-bond acceptors (Lipinski definition) is 4. The highest BCUT2D eigenvalue weighted by atomic mass is 16.7. The number of nitrogens with zero attached hydrogens (tertiary/aromatic N) is 2. The first-order chi connectivity index (χ1) is 6.51. The Morgan fingerprint density at radius 2 is 1.57 bits per heavy atom. The van der Waals surface area contributed by atoms with Crippen molar-refractivity contribution in [2.45, 2.75) is 51.6 Å². The van der Waals surface area contributed by atoms with Gasteiger partial charge >= 0.3 is 5.66 Å². The topological polar surface area (TPSA) is 86.3 Å². The normalized spacial score (nSPS) is 11.3. The Labute approximate surface area is 82.6 Å². The van der Waals surface area contributed by atoms with E-state index in [4.69, 9.17) is 0 Å². The fourth-order valence-corrected chi connectivity index (χ4v) is 1.34. The number of rotatable bonds is 7. The van der Waals surface area contributed by atoms with Gasteiger partial charge in [-0.15, -0.1) is 0 Å². The second-order valence-corrected chi connectivity index (χ2v) is 3.31. The minimum Gasteiger partial charge on any atom is -0.258 e. The smallest absolute Gasteiger partial charge is 0.258 e. The van der Waals surface area contributed by atoms with Gasteiger partial charge in [0.1, 0.15) is 0 Å². The Hall–Kier alpha value is -1.20. The van der Waals surface area contributed by atoms with Crippen LogP contribution in [0.2, 0.25) is 0 Å². The van der Waals surface area contributed by atoms with E-state index >= 15 is 0 Å². The lowest BCUT2D eigenvalue weighted by Gasteiger charge is -2.14. The average Bonchev–Trinajstić information content (AvgIpc) is 2.11. The maximum Gasteiger partial charge on any atom is 0.458 e. The molecular weight excluding hydrogens is 188 g/mol. The monoisotopic (exact) mass is 204 g/mol. The van der Waals surface area contributed by atoms with Crippen molar-refractivity contribution in [3.05, 3.63) is 20.2 Å². The average molecular weight is 204 g/mol. The summed E-state index contributed by atoms with van der Waals surface area (Å²) in [5.74, 6) is 0. The highest BCUT2D eigenvalue weighted by molar-refractivity contribution is 4.65. The molecule has 0 aliphatic heterocycles. The molecule has 14 heavy (non-hydrogen) atoms. The van der Waals surface area contributed by atoms with Gasteiger partial charge in [-0.1, -0.05) is 26.7 Å². The molecule has 82 valence electrons. The Morgan fingerprint density at radius 1 is 1.07 bits per heavy atom. The van der Waals surface area contributed by atoms with E-state index in [1.54, 1.807) is 0 Å². The third kappa shape index (κ3) is 2.65. The van der Waals surface area contributed by atoms with Crippen molar-refractivity contribution >= 4 is 0 Å². The molecule has 0 N–H and O–H groups in total. The molecule has 0 fully saturated rings. The third-order valence-electron chi connectivity index (χ3n) is 2.43. The molecule has 0 amide bonds. The summed E-state index contributed by atoms with van der Waals surface area (Å²) in [6, 6.07) is 0. The van der Waals surface area contributed by atoms with Crippen LogP contribution in [0.4, 0.5) is 0 Å². The third-order valence-corrected chi connectivity index (χ3v) is 2.43. The standard InChI is InChI=1S/C8H16N2O4/c1-3-5-6-7-8(4-2,9(11)12)10(13)14/h3-7H2,1-2H3. The molecule has 0 aromatic heterocycles. The van der Waals surface area contributed by atoms with Gasteiger partial charge in [-0.25, -0.2) is 0 Å². The molecule has 0 rings (SSSR count). The fraction of sp³-hybridized carbons (Fsp3) is 1.00. The van der Waals surface area contributed by atoms with Crippen LogP contribution in [-0.4, -0.2) is 15.5 Å². The van der Waals surface area contributed by atoms with Crippen LogP contribution >= 0.6 is 0 Å². The van der Waals surface area contributed by atoms with Crippen LogP contribution in [0.5, 0.6) is 0 Å². The first-order valence-electron chi connectivity index (χ1n) is 4.80. The molecule has 0 spiro atoms. The van der Waals surface area contributed by atoms with Gasteiger partial charge < -0.3 is 0 Å². The lowest BCUT2D eigenvalue weighted by molar-refractivity contribution is -0.798. The predicted octanol–water partition coefficient (Wildman–Crippen LogP) is 2.23. The van der Waals surface area contributed by atoms with Crippen LogP contribution < -0.4 is 0 Å². The van der Waals surface area contributed by atoms with E-state index in [0.29, 0.717) is 6.42 Å². The van der Waals surface area contributed by atoms with E-state index in [9.17, 15) is 20.2 Å². The van der Waals surface area contributed by atoms with Crippen LogP contribution in [-0.2, 0) is 0 Å². The second kappa shape index (κ2) is 5.51. The zero-order valence-corrected chi connectivity index (χ0v) is 8.56. The van der Waals surface area contributed by atoms with Gasteiger partial charge in [0.05, 0.1) is 22.7 Å². The molecule has 0 atom stereocenters. The summed E-state index contributed by atoms with van der Waals surface area (Å²) in [6.45, 7) is 3.43. The van der Waals surface area contributed by atoms with Crippen molar-refractivity contribution in [3.63, 3.8) is 0 Å². The van der Waals surface area contributed by atoms with Crippen LogP contribution in [0.15, 0.2) is 0 Å². The van der Waals surface area contributed by atoms with E-state index in [-0.39, 0.29) is 12.8 Å². The van der Waals surface area contributed by atoms with Crippen molar-refractivity contribution in [2.24, 2.45) is 0 Å². The maximum absolute atomic E-state index is 10.7. The van der Waals surface area contributed by atoms with Gasteiger partial charge in [-0.2, -0.15) is 0 Å². The highest BCUT2D eigenvalue weighted by Crippen LogP contribution is 2.23. The summed E-state index contributed by atoms with van der Waals surface area (Å²) in [5, 5.41) is 21.3. The molecule has 0 aromatic carbocycles. The summed E-state index contributed by atoms with van der Waals surface area (Å²) in [4.78, 5) is 19.8. The predicted molar refractivity (Wildman–Crippen MR) is 51.2 cm³/mol. The zero-order valence-electron chi connectivity index (χ0n) is 8.56. The highest BCUT2D eigenvalue weighted by Gasteiger charge is 2.53. The summed E-state index contributed by atoms with van der Waals surface area (Å²) in [5.41, 5.74) is -1.96. The number of unbranched alkanes of at least 4 members (excludes halogenated alkanes) is 2. The van der Waals surface area contributed by atoms with Gasteiger partial charge in [0.25, 0.3) is 0 Å². The van der Waals surface area contributed by atoms with Gasteiger partial charge in [0.2, 0.25) is 0 Å². The summed E-state index contributed by atoms with van der Waals surface area (Å²) in [7, 11) is 0. The number of hydrogen-bond donors (Lipinski definition) is 0. The Balaban J connectivity index is 4.52. The molecule has 0 saturated carbocycles. The van der Waals surface area contributed by atoms with Crippen molar-refractivity contribution in [1.82, 2.24) is 0 Å². The minimum atomic E-state index is -1.96. The van der Waals surface area contributed by atoms with Crippen LogP contribution in [0.3, 0.4) is 0 Å². The Morgan fingerprint density at radius 3 is 1.86 bits per heavy atom. The molecule has 0 bridgehead atoms. The van der Waals surface area contributed by atoms with E-state index in [2.05, 4.69) is 0 Å². The SMILES string of the molecule is CCCCCC(CC)([N+](=O)[O-])[N+](=O)[O-]. The molecule has 0 heterocycles. The van der Waals surface area contributed by atoms with Crippen molar-refractivity contribution in [1.29, 1.82) is 0 Å². The largest absolute Gasteiger partial charge is 0.458 e. The van der Waals surface area contributed by atoms with Gasteiger partial charge in [0, 0.05) is 0 Å². The van der Waals surface area contributed by atoms with E-state index in [0.717, 1.165) is 12.8 Å². The molecular formula is C8H16N2O4. The molecule has 0 unspecified atom stereocenters. The van der Waals surface area contributed by atoms with Crippen molar-refractivity contribution in [3.8, 4) is 0 Å². The van der Waals surface area contributed by atoms with Gasteiger partial charge in [0.15, 0.2) is 0 Å². The molecule has 0 radical (unpaired) electrons. The quantitative estimate of drug-likeness (QED) is 0.275. The maximum atomic E-state index is 10.7. The summed E-state index contributed by atoms with van der Waals surface area (Å²) in [6.07, 6.45) is 2.19.